The normalized spacial score (nSPS) is 28.1. The fourth-order valence-electron chi connectivity index (χ4n) is 1.45. The molecular weight excluding hydrogens is 251 g/mol. The summed E-state index contributed by atoms with van der Waals surface area (Å²) in [5.41, 5.74) is -0.781. The Bertz CT molecular complexity index is 331. The fraction of sp³-hybridized carbons (Fsp3) is 0.800. The lowest BCUT2D eigenvalue weighted by atomic mass is 10.1. The van der Waals surface area contributed by atoms with Crippen molar-refractivity contribution in [3.8, 4) is 0 Å². The first-order chi connectivity index (χ1) is 7.12. The molecule has 0 bridgehead atoms. The van der Waals surface area contributed by atoms with Crippen molar-refractivity contribution >= 4 is 35.0 Å². The fourth-order valence-corrected chi connectivity index (χ4v) is 2.16. The molecule has 1 rings (SSSR count). The third-order valence-corrected chi connectivity index (χ3v) is 4.02. The lowest BCUT2D eigenvalue weighted by Gasteiger charge is -2.20. The number of alkyl halides is 2. The van der Waals surface area contributed by atoms with E-state index in [0.717, 1.165) is 0 Å². The predicted molar refractivity (Wildman–Crippen MR) is 63.5 cm³/mol. The molecule has 0 aromatic carbocycles. The van der Waals surface area contributed by atoms with Gasteiger partial charge < -0.3 is 10.2 Å². The van der Waals surface area contributed by atoms with Crippen molar-refractivity contribution in [1.29, 1.82) is 0 Å². The van der Waals surface area contributed by atoms with Crippen molar-refractivity contribution in [2.24, 2.45) is 5.41 Å². The van der Waals surface area contributed by atoms with E-state index in [-0.39, 0.29) is 11.8 Å². The Hall–Kier alpha value is -0.480. The van der Waals surface area contributed by atoms with Crippen LogP contribution < -0.4 is 5.32 Å². The summed E-state index contributed by atoms with van der Waals surface area (Å²) in [4.78, 5) is 24.8. The molecule has 0 saturated heterocycles. The number of carbonyl (C=O) groups excluding carboxylic acids is 2. The maximum absolute atomic E-state index is 11.8. The van der Waals surface area contributed by atoms with Crippen molar-refractivity contribution in [1.82, 2.24) is 10.2 Å². The standard InChI is InChI=1S/C10H16Cl2N2O2/c1-6(7(15)14(3)4)13-8(16)9(2)5-10(9,11)12/h6H,5H2,1-4H3,(H,13,16)/t6-,9+/m1/s1. The second kappa shape index (κ2) is 4.08. The van der Waals surface area contributed by atoms with Gasteiger partial charge in [-0.25, -0.2) is 0 Å². The third kappa shape index (κ3) is 2.28. The topological polar surface area (TPSA) is 49.4 Å². The SMILES string of the molecule is C[C@@H](NC(=O)[C@]1(C)CC1(Cl)Cl)C(=O)N(C)C. The van der Waals surface area contributed by atoms with Gasteiger partial charge in [0.2, 0.25) is 11.8 Å². The van der Waals surface area contributed by atoms with E-state index in [1.165, 1.54) is 4.90 Å². The van der Waals surface area contributed by atoms with Crippen LogP contribution in [0.3, 0.4) is 0 Å². The van der Waals surface area contributed by atoms with Crippen LogP contribution in [0.5, 0.6) is 0 Å². The lowest BCUT2D eigenvalue weighted by molar-refractivity contribution is -0.135. The van der Waals surface area contributed by atoms with Crippen LogP contribution in [0.4, 0.5) is 0 Å². The van der Waals surface area contributed by atoms with Gasteiger partial charge in [-0.2, -0.15) is 0 Å². The van der Waals surface area contributed by atoms with E-state index >= 15 is 0 Å². The Kier molecular flexibility index (Phi) is 3.46. The highest BCUT2D eigenvalue weighted by Gasteiger charge is 2.68. The van der Waals surface area contributed by atoms with Gasteiger partial charge in [0, 0.05) is 14.1 Å². The molecule has 2 atom stereocenters. The van der Waals surface area contributed by atoms with Gasteiger partial charge in [0.15, 0.2) is 0 Å². The molecule has 0 aliphatic heterocycles. The van der Waals surface area contributed by atoms with Gasteiger partial charge in [0.1, 0.15) is 10.4 Å². The number of nitrogens with one attached hydrogen (secondary N) is 1. The van der Waals surface area contributed by atoms with Crippen LogP contribution in [0.2, 0.25) is 0 Å². The number of hydrogen-bond acceptors (Lipinski definition) is 2. The molecular formula is C10H16Cl2N2O2. The molecule has 6 heteroatoms. The molecule has 1 aliphatic carbocycles. The van der Waals surface area contributed by atoms with Crippen LogP contribution in [0.25, 0.3) is 0 Å². The van der Waals surface area contributed by atoms with Crippen LogP contribution in [0, 0.1) is 5.41 Å². The second-order valence-electron chi connectivity index (χ2n) is 4.64. The third-order valence-electron chi connectivity index (χ3n) is 2.92. The maximum Gasteiger partial charge on any atom is 0.244 e. The molecule has 0 aromatic rings. The van der Waals surface area contributed by atoms with Crippen molar-refractivity contribution in [2.75, 3.05) is 14.1 Å². The first kappa shape index (κ1) is 13.6. The summed E-state index contributed by atoms with van der Waals surface area (Å²) in [7, 11) is 3.27. The van der Waals surface area contributed by atoms with E-state index in [0.29, 0.717) is 6.42 Å². The first-order valence-corrected chi connectivity index (χ1v) is 5.77. The molecule has 1 saturated carbocycles. The van der Waals surface area contributed by atoms with E-state index in [1.54, 1.807) is 27.9 Å². The van der Waals surface area contributed by atoms with Crippen LogP contribution in [-0.2, 0) is 9.59 Å². The van der Waals surface area contributed by atoms with Crippen molar-refractivity contribution in [2.45, 2.75) is 30.6 Å². The molecule has 1 N–H and O–H groups in total. The van der Waals surface area contributed by atoms with Gasteiger partial charge in [-0.1, -0.05) is 0 Å². The highest BCUT2D eigenvalue weighted by atomic mass is 35.5. The van der Waals surface area contributed by atoms with E-state index in [4.69, 9.17) is 23.2 Å². The number of carbonyl (C=O) groups is 2. The van der Waals surface area contributed by atoms with Crippen LogP contribution in [0.1, 0.15) is 20.3 Å². The average Bonchev–Trinajstić information content (AvgIpc) is 2.65. The summed E-state index contributed by atoms with van der Waals surface area (Å²) in [6, 6.07) is -0.566. The van der Waals surface area contributed by atoms with E-state index < -0.39 is 15.8 Å². The molecule has 1 fully saturated rings. The Balaban J connectivity index is 2.57. The molecule has 0 spiro atoms. The number of halogens is 2. The summed E-state index contributed by atoms with van der Waals surface area (Å²) in [5.74, 6) is -0.437. The van der Waals surface area contributed by atoms with Gasteiger partial charge in [-0.15, -0.1) is 23.2 Å². The molecule has 0 heterocycles. The minimum Gasteiger partial charge on any atom is -0.347 e. The zero-order valence-electron chi connectivity index (χ0n) is 9.80. The van der Waals surface area contributed by atoms with Crippen molar-refractivity contribution in [3.63, 3.8) is 0 Å². The van der Waals surface area contributed by atoms with Gasteiger partial charge in [0.05, 0.1) is 5.41 Å². The smallest absolute Gasteiger partial charge is 0.244 e. The monoisotopic (exact) mass is 266 g/mol. The summed E-state index contributed by atoms with van der Waals surface area (Å²) < 4.78 is -1.00. The molecule has 0 radical (unpaired) electrons. The Morgan fingerprint density at radius 1 is 1.38 bits per heavy atom. The molecule has 92 valence electrons. The summed E-state index contributed by atoms with van der Waals surface area (Å²) in [6.07, 6.45) is 0.415. The predicted octanol–water partition coefficient (Wildman–Crippen LogP) is 1.16. The lowest BCUT2D eigenvalue weighted by Crippen LogP contribution is -2.47. The summed E-state index contributed by atoms with van der Waals surface area (Å²) in [5, 5.41) is 2.62. The molecule has 0 unspecified atom stereocenters. The van der Waals surface area contributed by atoms with E-state index in [2.05, 4.69) is 5.32 Å². The molecule has 1 aliphatic rings. The van der Waals surface area contributed by atoms with Gasteiger partial charge in [-0.3, -0.25) is 9.59 Å². The van der Waals surface area contributed by atoms with E-state index in [9.17, 15) is 9.59 Å². The highest BCUT2D eigenvalue weighted by Crippen LogP contribution is 2.63. The zero-order valence-corrected chi connectivity index (χ0v) is 11.3. The van der Waals surface area contributed by atoms with Crippen molar-refractivity contribution < 1.29 is 9.59 Å². The Labute approximate surface area is 105 Å². The molecule has 2 amide bonds. The van der Waals surface area contributed by atoms with Gasteiger partial charge >= 0.3 is 0 Å². The van der Waals surface area contributed by atoms with Gasteiger partial charge in [-0.05, 0) is 20.3 Å². The van der Waals surface area contributed by atoms with Crippen LogP contribution >= 0.6 is 23.2 Å². The number of likely N-dealkylation sites (N-methyl/N-ethyl adjacent to an activating group) is 1. The zero-order chi connectivity index (χ0) is 12.7. The van der Waals surface area contributed by atoms with Crippen LogP contribution in [0.15, 0.2) is 0 Å². The average molecular weight is 267 g/mol. The minimum atomic E-state index is -1.00. The number of hydrogen-bond donors (Lipinski definition) is 1. The van der Waals surface area contributed by atoms with Gasteiger partial charge in [0.25, 0.3) is 0 Å². The second-order valence-corrected chi connectivity index (χ2v) is 6.13. The van der Waals surface area contributed by atoms with E-state index in [1.807, 2.05) is 0 Å². The maximum atomic E-state index is 11.8. The number of rotatable bonds is 3. The molecule has 16 heavy (non-hydrogen) atoms. The highest BCUT2D eigenvalue weighted by molar-refractivity contribution is 6.53. The van der Waals surface area contributed by atoms with Crippen LogP contribution in [-0.4, -0.2) is 41.2 Å². The molecule has 4 nitrogen and oxygen atoms in total. The number of nitrogens with zero attached hydrogens (tertiary/aromatic N) is 1. The molecule has 0 aromatic heterocycles. The minimum absolute atomic E-state index is 0.160. The summed E-state index contributed by atoms with van der Waals surface area (Å²) >= 11 is 11.8. The summed E-state index contributed by atoms with van der Waals surface area (Å²) in [6.45, 7) is 3.32. The Morgan fingerprint density at radius 3 is 2.12 bits per heavy atom. The number of amides is 2. The first-order valence-electron chi connectivity index (χ1n) is 5.02. The van der Waals surface area contributed by atoms with Crippen molar-refractivity contribution in [3.05, 3.63) is 0 Å². The Morgan fingerprint density at radius 2 is 1.81 bits per heavy atom. The quantitative estimate of drug-likeness (QED) is 0.780. The largest absolute Gasteiger partial charge is 0.347 e.